The van der Waals surface area contributed by atoms with E-state index in [4.69, 9.17) is 27.5 Å². The molecule has 3 aromatic heterocycles. The number of nitrogen functional groups attached to an aromatic ring is 2. The van der Waals surface area contributed by atoms with E-state index in [-0.39, 0.29) is 17.2 Å². The SMILES string of the molecule is CCCc1nc2cccc(Cl)c2c(=O)n1C1CC1.Cc1cnc(-c2c(N)ncnc2N)o1. The number of nitrogens with two attached hydrogens (primary N) is 2. The number of halogens is 1. The zero-order valence-electron chi connectivity index (χ0n) is 17.9. The first-order chi connectivity index (χ1) is 15.4. The Bertz CT molecular complexity index is 1310. The number of aromatic nitrogens is 5. The molecule has 1 saturated carbocycles. The molecular weight excluding hydrogens is 430 g/mol. The summed E-state index contributed by atoms with van der Waals surface area (Å²) in [6, 6.07) is 5.80. The van der Waals surface area contributed by atoms with Gasteiger partial charge < -0.3 is 15.9 Å². The second-order valence-electron chi connectivity index (χ2n) is 7.61. The van der Waals surface area contributed by atoms with Crippen molar-refractivity contribution in [2.75, 3.05) is 11.5 Å². The van der Waals surface area contributed by atoms with Gasteiger partial charge in [-0.25, -0.2) is 19.9 Å². The van der Waals surface area contributed by atoms with Gasteiger partial charge in [-0.2, -0.15) is 0 Å². The normalized spacial score (nSPS) is 13.1. The monoisotopic (exact) mass is 453 g/mol. The van der Waals surface area contributed by atoms with E-state index >= 15 is 0 Å². The number of anilines is 2. The maximum atomic E-state index is 12.6. The number of hydrogen-bond donors (Lipinski definition) is 2. The third kappa shape index (κ3) is 4.29. The highest BCUT2D eigenvalue weighted by molar-refractivity contribution is 6.35. The maximum absolute atomic E-state index is 12.6. The molecule has 0 saturated heterocycles. The predicted molar refractivity (Wildman–Crippen MR) is 124 cm³/mol. The minimum Gasteiger partial charge on any atom is -0.441 e. The fourth-order valence-corrected chi connectivity index (χ4v) is 3.71. The fourth-order valence-electron chi connectivity index (χ4n) is 3.46. The molecule has 4 aromatic rings. The van der Waals surface area contributed by atoms with Crippen LogP contribution in [0.4, 0.5) is 11.6 Å². The number of benzene rings is 1. The van der Waals surface area contributed by atoms with Crippen molar-refractivity contribution in [2.24, 2.45) is 0 Å². The molecular formula is C22H24ClN7O2. The molecule has 10 heteroatoms. The van der Waals surface area contributed by atoms with Crippen LogP contribution in [0.15, 0.2) is 39.9 Å². The Morgan fingerprint density at radius 3 is 2.50 bits per heavy atom. The quantitative estimate of drug-likeness (QED) is 0.473. The molecule has 1 aromatic carbocycles. The van der Waals surface area contributed by atoms with Crippen LogP contribution >= 0.6 is 11.6 Å². The lowest BCUT2D eigenvalue weighted by Crippen LogP contribution is -2.24. The first-order valence-corrected chi connectivity index (χ1v) is 10.8. The summed E-state index contributed by atoms with van der Waals surface area (Å²) in [7, 11) is 0. The topological polar surface area (TPSA) is 139 Å². The highest BCUT2D eigenvalue weighted by atomic mass is 35.5. The molecule has 1 fully saturated rings. The van der Waals surface area contributed by atoms with Gasteiger partial charge in [0.05, 0.1) is 22.1 Å². The van der Waals surface area contributed by atoms with Gasteiger partial charge in [0.1, 0.15) is 35.1 Å². The summed E-state index contributed by atoms with van der Waals surface area (Å²) in [5.74, 6) is 2.46. The van der Waals surface area contributed by atoms with Gasteiger partial charge in [-0.3, -0.25) is 9.36 Å². The van der Waals surface area contributed by atoms with Crippen LogP contribution in [-0.4, -0.2) is 24.5 Å². The molecule has 4 N–H and O–H groups in total. The molecule has 1 aliphatic rings. The second-order valence-corrected chi connectivity index (χ2v) is 8.02. The first-order valence-electron chi connectivity index (χ1n) is 10.4. The van der Waals surface area contributed by atoms with Crippen molar-refractivity contribution in [3.8, 4) is 11.5 Å². The smallest absolute Gasteiger partial charge is 0.263 e. The van der Waals surface area contributed by atoms with Gasteiger partial charge in [0.25, 0.3) is 5.56 Å². The summed E-state index contributed by atoms with van der Waals surface area (Å²) in [5.41, 5.74) is 12.4. The molecule has 0 atom stereocenters. The number of aryl methyl sites for hydroxylation is 2. The maximum Gasteiger partial charge on any atom is 0.263 e. The molecule has 0 spiro atoms. The largest absolute Gasteiger partial charge is 0.441 e. The van der Waals surface area contributed by atoms with Crippen LogP contribution in [-0.2, 0) is 6.42 Å². The van der Waals surface area contributed by atoms with E-state index in [1.807, 2.05) is 16.7 Å². The third-order valence-electron chi connectivity index (χ3n) is 5.08. The Morgan fingerprint density at radius 1 is 1.19 bits per heavy atom. The van der Waals surface area contributed by atoms with Gasteiger partial charge in [0.15, 0.2) is 0 Å². The molecule has 32 heavy (non-hydrogen) atoms. The fraction of sp³-hybridized carbons (Fsp3) is 0.318. The number of oxazole rings is 1. The van der Waals surface area contributed by atoms with Gasteiger partial charge in [0.2, 0.25) is 5.89 Å². The standard InChI is InChI=1S/C14H15ClN2O.C8H9N5O/c1-2-4-12-16-11-6-3-5-10(15)13(11)14(18)17(12)9-7-8-9;1-4-2-11-8(14-4)5-6(9)12-3-13-7(5)10/h3,5-6,9H,2,4,7-8H2,1H3;2-3H,1H3,(H4,9,10,12,13). The summed E-state index contributed by atoms with van der Waals surface area (Å²) < 4.78 is 7.14. The second kappa shape index (κ2) is 8.96. The number of rotatable bonds is 4. The van der Waals surface area contributed by atoms with Crippen molar-refractivity contribution in [2.45, 2.75) is 45.6 Å². The Hall–Kier alpha value is -3.46. The summed E-state index contributed by atoms with van der Waals surface area (Å²) >= 11 is 6.14. The minimum atomic E-state index is 0.0246. The average Bonchev–Trinajstić information content (AvgIpc) is 3.49. The van der Waals surface area contributed by atoms with Crippen molar-refractivity contribution in [1.82, 2.24) is 24.5 Å². The van der Waals surface area contributed by atoms with E-state index in [1.165, 1.54) is 6.33 Å². The number of hydrogen-bond acceptors (Lipinski definition) is 8. The van der Waals surface area contributed by atoms with Gasteiger partial charge >= 0.3 is 0 Å². The lowest BCUT2D eigenvalue weighted by atomic mass is 10.2. The lowest BCUT2D eigenvalue weighted by Gasteiger charge is -2.12. The van der Waals surface area contributed by atoms with Gasteiger partial charge in [-0.1, -0.05) is 24.6 Å². The van der Waals surface area contributed by atoms with Crippen LogP contribution in [0.25, 0.3) is 22.4 Å². The zero-order chi connectivity index (χ0) is 22.8. The first kappa shape index (κ1) is 21.8. The molecule has 166 valence electrons. The molecule has 5 rings (SSSR count). The van der Waals surface area contributed by atoms with Crippen LogP contribution in [0.2, 0.25) is 5.02 Å². The van der Waals surface area contributed by atoms with Crippen LogP contribution in [0, 0.1) is 6.92 Å². The van der Waals surface area contributed by atoms with Crippen molar-refractivity contribution < 1.29 is 4.42 Å². The van der Waals surface area contributed by atoms with Crippen molar-refractivity contribution in [1.29, 1.82) is 0 Å². The van der Waals surface area contributed by atoms with E-state index in [2.05, 4.69) is 26.9 Å². The number of fused-ring (bicyclic) bond motifs is 1. The van der Waals surface area contributed by atoms with Crippen LogP contribution < -0.4 is 17.0 Å². The Kier molecular flexibility index (Phi) is 6.09. The van der Waals surface area contributed by atoms with Gasteiger partial charge in [0, 0.05) is 12.5 Å². The van der Waals surface area contributed by atoms with Crippen LogP contribution in [0.3, 0.4) is 0 Å². The molecule has 0 aliphatic heterocycles. The number of nitrogens with zero attached hydrogens (tertiary/aromatic N) is 5. The van der Waals surface area contributed by atoms with Crippen molar-refractivity contribution >= 4 is 34.1 Å². The highest BCUT2D eigenvalue weighted by Gasteiger charge is 2.28. The Morgan fingerprint density at radius 2 is 1.91 bits per heavy atom. The van der Waals surface area contributed by atoms with E-state index in [9.17, 15) is 4.79 Å². The lowest BCUT2D eigenvalue weighted by molar-refractivity contribution is 0.542. The highest BCUT2D eigenvalue weighted by Crippen LogP contribution is 2.35. The summed E-state index contributed by atoms with van der Waals surface area (Å²) in [6.07, 6.45) is 6.87. The van der Waals surface area contributed by atoms with E-state index in [0.717, 1.165) is 31.5 Å². The Balaban J connectivity index is 0.000000158. The van der Waals surface area contributed by atoms with Crippen LogP contribution in [0.1, 0.15) is 43.8 Å². The van der Waals surface area contributed by atoms with E-state index in [1.54, 1.807) is 19.2 Å². The minimum absolute atomic E-state index is 0.0246. The van der Waals surface area contributed by atoms with Gasteiger partial charge in [-0.15, -0.1) is 0 Å². The molecule has 0 radical (unpaired) electrons. The van der Waals surface area contributed by atoms with Gasteiger partial charge in [-0.05, 0) is 38.3 Å². The van der Waals surface area contributed by atoms with E-state index in [0.29, 0.717) is 39.2 Å². The summed E-state index contributed by atoms with van der Waals surface area (Å²) in [5, 5.41) is 1.06. The van der Waals surface area contributed by atoms with Crippen LogP contribution in [0.5, 0.6) is 0 Å². The Labute approximate surface area is 189 Å². The molecule has 9 nitrogen and oxygen atoms in total. The molecule has 1 aliphatic carbocycles. The van der Waals surface area contributed by atoms with Crippen molar-refractivity contribution in [3.05, 3.63) is 57.7 Å². The average molecular weight is 454 g/mol. The molecule has 0 bridgehead atoms. The molecule has 0 unspecified atom stereocenters. The van der Waals surface area contributed by atoms with Crippen molar-refractivity contribution in [3.63, 3.8) is 0 Å². The summed E-state index contributed by atoms with van der Waals surface area (Å²) in [4.78, 5) is 28.8. The zero-order valence-corrected chi connectivity index (χ0v) is 18.6. The predicted octanol–water partition coefficient (Wildman–Crippen LogP) is 3.94. The molecule has 3 heterocycles. The van der Waals surface area contributed by atoms with E-state index < -0.39 is 0 Å². The summed E-state index contributed by atoms with van der Waals surface area (Å²) in [6.45, 7) is 3.89. The molecule has 0 amide bonds. The third-order valence-corrected chi connectivity index (χ3v) is 5.39.